The van der Waals surface area contributed by atoms with Crippen molar-refractivity contribution in [2.75, 3.05) is 233 Å². The molecule has 0 saturated carbocycles. The molecule has 29 heteroatoms. The maximum atomic E-state index is 10.3. The first-order valence-corrected chi connectivity index (χ1v) is 37.1. The summed E-state index contributed by atoms with van der Waals surface area (Å²) in [5, 5.41) is 31.6. The molecule has 0 aromatic heterocycles. The number of rotatable bonds is 27. The molecule has 6 unspecified atom stereocenters. The molecule has 9 heterocycles. The molecule has 9 rings (SSSR count). The fourth-order valence-electron chi connectivity index (χ4n) is 12.5. The molecule has 0 aromatic carbocycles. The van der Waals surface area contributed by atoms with Crippen molar-refractivity contribution in [3.05, 3.63) is 11.4 Å². The number of nitrogens with zero attached hydrogens (tertiary/aromatic N) is 6. The maximum absolute atomic E-state index is 10.3. The summed E-state index contributed by atoms with van der Waals surface area (Å²) in [6.07, 6.45) is 9.01. The molecular weight excluding hydrogens is 1390 g/mol. The Morgan fingerprint density at radius 2 is 0.697 bits per heavy atom. The molecule has 0 amide bonds. The zero-order valence-electron chi connectivity index (χ0n) is 65.9. The van der Waals surface area contributed by atoms with Crippen molar-refractivity contribution < 1.29 is 89.4 Å². The highest BCUT2D eigenvalue weighted by Crippen LogP contribution is 2.43. The molecule has 0 aliphatic carbocycles. The number of nitrogens with two attached hydrogens (primary N) is 3. The minimum absolute atomic E-state index is 0. The van der Waals surface area contributed by atoms with Gasteiger partial charge >= 0.3 is 0 Å². The first kappa shape index (κ1) is 106. The van der Waals surface area contributed by atoms with E-state index in [-0.39, 0.29) is 77.9 Å². The Bertz CT molecular complexity index is 1860. The summed E-state index contributed by atoms with van der Waals surface area (Å²) in [5.74, 6) is 2.00. The van der Waals surface area contributed by atoms with Crippen LogP contribution in [0, 0.1) is 6.57 Å². The number of piperidine rings is 3. The topological polar surface area (TPSA) is 261 Å². The van der Waals surface area contributed by atoms with Gasteiger partial charge in [-0.05, 0) is 110 Å². The second-order valence-electron chi connectivity index (χ2n) is 34.3. The fourth-order valence-corrected chi connectivity index (χ4v) is 13.0. The molecule has 14 N–H and O–H groups in total. The lowest BCUT2D eigenvalue weighted by molar-refractivity contribution is -1.16. The lowest BCUT2D eigenvalue weighted by Gasteiger charge is -2.54. The van der Waals surface area contributed by atoms with Crippen LogP contribution in [0.3, 0.4) is 0 Å². The van der Waals surface area contributed by atoms with Crippen LogP contribution in [-0.4, -0.2) is 349 Å². The van der Waals surface area contributed by atoms with Crippen LogP contribution in [0.4, 0.5) is 0 Å². The van der Waals surface area contributed by atoms with E-state index < -0.39 is 5.66 Å². The van der Waals surface area contributed by atoms with E-state index in [0.29, 0.717) is 91.0 Å². The normalized spacial score (nSPS) is 26.8. The van der Waals surface area contributed by atoms with E-state index in [1.54, 1.807) is 0 Å². The summed E-state index contributed by atoms with van der Waals surface area (Å²) >= 11 is 15.8. The number of hydrogen-bond acceptors (Lipinski definition) is 18. The van der Waals surface area contributed by atoms with Gasteiger partial charge in [-0.1, -0.05) is 7.43 Å². The number of ether oxygens (including phenoxy) is 6. The van der Waals surface area contributed by atoms with E-state index in [0.717, 1.165) is 157 Å². The number of hydrogen-bond donors (Lipinski definition) is 11. The largest absolute Gasteiger partial charge is 1.00 e. The van der Waals surface area contributed by atoms with Crippen LogP contribution in [0.2, 0.25) is 0 Å². The van der Waals surface area contributed by atoms with Gasteiger partial charge < -0.3 is 123 Å². The lowest BCUT2D eigenvalue weighted by atomic mass is 9.74. The molecule has 9 saturated heterocycles. The Kier molecular flexibility index (Phi) is 53.5. The van der Waals surface area contributed by atoms with Gasteiger partial charge in [0.25, 0.3) is 5.66 Å². The molecule has 0 spiro atoms. The standard InChI is InChI=1S/C15H31N5.C14H32N4.C13H30N4O.3C6H14NO.3C3H5ClO.CH4.3ClH/c1-13(2)11-15(17-5,12-14(3,4)20(13)6)19-10-9-18-8-7-16;1-13(2)10-12(11-14(3,4)18(13)5)17-9-8-16-7-6-15;1-12(2)9-11(10-13(3,4)17(12)18)16-8-7-15-6-5-14;3*1-7(2,3)4-6-5-8-6;3*4-1-3-2-5-3;;;;/h18-19H,7-12,16H2,1-4,6H3;12,16-17H,6-11,15H2,1-5H3;11,15-16,18H,5-10,14H2,1-4H3;3*6H,4-5H2,1-3H3;3*3H,1-2H2;1H4;3*1H/q;;;3*+1;;;;;;;/p-2. The van der Waals surface area contributed by atoms with Crippen molar-refractivity contribution in [3.8, 4) is 0 Å². The summed E-state index contributed by atoms with van der Waals surface area (Å²) in [6, 6.07) is 1.09. The van der Waals surface area contributed by atoms with Crippen molar-refractivity contribution >= 4 is 34.8 Å². The van der Waals surface area contributed by atoms with Crippen LogP contribution in [0.1, 0.15) is 129 Å². The Balaban J connectivity index is -0.000000532. The van der Waals surface area contributed by atoms with Gasteiger partial charge in [0, 0.05) is 126 Å². The van der Waals surface area contributed by atoms with E-state index in [1.807, 2.05) is 0 Å². The third kappa shape index (κ3) is 52.1. The summed E-state index contributed by atoms with van der Waals surface area (Å²) < 4.78 is 32.4. The number of likely N-dealkylation sites (tertiary alicyclic amines) is 2. The Labute approximate surface area is 640 Å². The minimum Gasteiger partial charge on any atom is -1.00 e. The molecule has 0 aromatic rings. The van der Waals surface area contributed by atoms with E-state index in [1.165, 1.54) is 12.8 Å². The van der Waals surface area contributed by atoms with Crippen molar-refractivity contribution in [1.82, 2.24) is 41.7 Å². The average Bonchev–Trinajstić information content (AvgIpc) is 1.08. The highest BCUT2D eigenvalue weighted by atomic mass is 35.5. The Morgan fingerprint density at radius 3 is 0.909 bits per heavy atom. The zero-order chi connectivity index (χ0) is 72.8. The smallest absolute Gasteiger partial charge is 0.289 e. The maximum Gasteiger partial charge on any atom is 0.289 e. The second-order valence-corrected chi connectivity index (χ2v) is 35.2. The SMILES string of the molecule is C.CC1(C)CC(NCCNCCN)CC(C)(C)[NH+]1O.CN1C(C)(C)CC(NCCNCCN)CC1(C)C.C[N+](C)(C)CC1CO1.C[N+](C)(C)CC1CO1.C[N+](C)(C)CC1CO1.ClCC1CO1.ClCC1CO1.ClCC1CO1.[C-]#[N+]C1(NCCNCCN)CC(C)(C)N(C)C(C)(C)C1.[Cl-].[Cl-].[Cl-]. The van der Waals surface area contributed by atoms with Crippen LogP contribution >= 0.6 is 34.8 Å². The van der Waals surface area contributed by atoms with Gasteiger partial charge in [-0.2, -0.15) is 5.06 Å². The molecule has 9 aliphatic rings. The number of quaternary nitrogens is 4. The molecule has 99 heavy (non-hydrogen) atoms. The number of nitrogens with one attached hydrogen (secondary N) is 7. The predicted molar refractivity (Wildman–Crippen MR) is 403 cm³/mol. The van der Waals surface area contributed by atoms with Crippen LogP contribution in [-0.2, 0) is 28.4 Å². The van der Waals surface area contributed by atoms with Gasteiger partial charge in [0.05, 0.1) is 152 Å². The summed E-state index contributed by atoms with van der Waals surface area (Å²) in [6.45, 7) is 53.8. The summed E-state index contributed by atoms with van der Waals surface area (Å²) in [5.41, 5.74) is 16.3. The monoisotopic (exact) mass is 1540 g/mol. The number of halogens is 6. The quantitative estimate of drug-likeness (QED) is 0.0121. The minimum atomic E-state index is -0.454. The van der Waals surface area contributed by atoms with Gasteiger partial charge in [-0.3, -0.25) is 14.6 Å². The molecule has 9 aliphatic heterocycles. The van der Waals surface area contributed by atoms with Crippen molar-refractivity contribution in [2.45, 2.75) is 217 Å². The van der Waals surface area contributed by atoms with E-state index >= 15 is 0 Å². The Morgan fingerprint density at radius 1 is 0.444 bits per heavy atom. The van der Waals surface area contributed by atoms with E-state index in [4.69, 9.17) is 87.0 Å². The molecule has 9 fully saturated rings. The van der Waals surface area contributed by atoms with Crippen LogP contribution in [0.15, 0.2) is 0 Å². The average molecular weight is 1550 g/mol. The molecule has 23 nitrogen and oxygen atoms in total. The molecule has 598 valence electrons. The van der Waals surface area contributed by atoms with Crippen molar-refractivity contribution in [3.63, 3.8) is 0 Å². The van der Waals surface area contributed by atoms with Gasteiger partial charge in [-0.25, -0.2) is 17.1 Å². The zero-order valence-corrected chi connectivity index (χ0v) is 70.4. The van der Waals surface area contributed by atoms with Gasteiger partial charge in [0.15, 0.2) is 0 Å². The number of alkyl halides is 3. The van der Waals surface area contributed by atoms with Gasteiger partial charge in [-0.15, -0.1) is 34.8 Å². The first-order valence-electron chi connectivity index (χ1n) is 35.5. The van der Waals surface area contributed by atoms with Crippen LogP contribution < -0.4 is 91.4 Å². The molecule has 0 radical (unpaired) electrons. The summed E-state index contributed by atoms with van der Waals surface area (Å²) in [7, 11) is 24.1. The van der Waals surface area contributed by atoms with Crippen molar-refractivity contribution in [2.24, 2.45) is 17.2 Å². The van der Waals surface area contributed by atoms with Crippen molar-refractivity contribution in [1.29, 1.82) is 0 Å². The second kappa shape index (κ2) is 50.1. The summed E-state index contributed by atoms with van der Waals surface area (Å²) in [4.78, 5) is 8.90. The molecule has 0 bridgehead atoms. The number of likely N-dealkylation sites (N-methyl/N-ethyl adjacent to an activating group) is 3. The third-order valence-corrected chi connectivity index (χ3v) is 19.0. The lowest BCUT2D eigenvalue weighted by Crippen LogP contribution is -3.25. The third-order valence-electron chi connectivity index (χ3n) is 18.0. The molecule has 6 atom stereocenters. The fraction of sp³-hybridized carbons (Fsp3) is 0.986. The number of hydroxylamine groups is 2. The van der Waals surface area contributed by atoms with Crippen LogP contribution in [0.5, 0.6) is 0 Å². The van der Waals surface area contributed by atoms with E-state index in [9.17, 15) is 5.21 Å². The van der Waals surface area contributed by atoms with Gasteiger partial charge in [0.2, 0.25) is 0 Å². The highest BCUT2D eigenvalue weighted by Gasteiger charge is 2.55. The highest BCUT2D eigenvalue weighted by molar-refractivity contribution is 6.18. The van der Waals surface area contributed by atoms with Gasteiger partial charge in [0.1, 0.15) is 49.0 Å². The Hall–Kier alpha value is 0.350. The predicted octanol–water partition coefficient (Wildman–Crippen LogP) is -5.29. The van der Waals surface area contributed by atoms with Crippen LogP contribution in [0.25, 0.3) is 4.85 Å². The van der Waals surface area contributed by atoms with E-state index in [2.05, 4.69) is 207 Å². The molecular formula is C70H155Cl6N16O7+. The number of epoxide rings is 6. The first-order chi connectivity index (χ1) is 43.8.